The van der Waals surface area contributed by atoms with Crippen molar-refractivity contribution in [2.75, 3.05) is 20.3 Å². The summed E-state index contributed by atoms with van der Waals surface area (Å²) in [6.07, 6.45) is 11.1. The predicted octanol–water partition coefficient (Wildman–Crippen LogP) is 5.98. The minimum atomic E-state index is -0.471. The molecule has 0 amide bonds. The lowest BCUT2D eigenvalue weighted by Gasteiger charge is -2.23. The Balaban J connectivity index is 0.000000123. The molecule has 11 aliphatic heterocycles. The molecule has 0 spiro atoms. The maximum absolute atomic E-state index is 11.6. The van der Waals surface area contributed by atoms with Gasteiger partial charge >= 0.3 is 47.8 Å². The zero-order valence-corrected chi connectivity index (χ0v) is 42.1. The van der Waals surface area contributed by atoms with E-state index in [2.05, 4.69) is 9.47 Å². The van der Waals surface area contributed by atoms with E-state index in [1.54, 1.807) is 0 Å². The molecule has 386 valence electrons. The van der Waals surface area contributed by atoms with Crippen molar-refractivity contribution in [3.8, 4) is 0 Å². The summed E-state index contributed by atoms with van der Waals surface area (Å²) >= 11 is 0. The molecule has 11 heterocycles. The molecular weight excluding hydrogens is 897 g/mol. The molecule has 10 bridgehead atoms. The molecule has 0 aromatic carbocycles. The average Bonchev–Trinajstić information content (AvgIpc) is 4.21. The van der Waals surface area contributed by atoms with Crippen molar-refractivity contribution in [2.24, 2.45) is 88.8 Å². The molecule has 0 N–H and O–H groups in total. The predicted molar refractivity (Wildman–Crippen MR) is 242 cm³/mol. The number of carbonyl (C=O) groups is 8. The fraction of sp³-hybridized carbons (Fsp3) is 0.846. The summed E-state index contributed by atoms with van der Waals surface area (Å²) in [6, 6.07) is 0. The fourth-order valence-corrected chi connectivity index (χ4v) is 14.7. The van der Waals surface area contributed by atoms with E-state index in [4.69, 9.17) is 33.2 Å². The maximum Gasteiger partial charge on any atom is 0.320 e. The van der Waals surface area contributed by atoms with Gasteiger partial charge in [-0.1, -0.05) is 62.3 Å². The van der Waals surface area contributed by atoms with Gasteiger partial charge in [0.25, 0.3) is 0 Å². The first kappa shape index (κ1) is 52.9. The van der Waals surface area contributed by atoms with Crippen molar-refractivity contribution in [1.82, 2.24) is 0 Å². The highest BCUT2D eigenvalue weighted by Gasteiger charge is 2.69. The van der Waals surface area contributed by atoms with Crippen LogP contribution in [0.3, 0.4) is 0 Å². The summed E-state index contributed by atoms with van der Waals surface area (Å²) in [4.78, 5) is 90.2. The molecule has 4 saturated carbocycles. The van der Waals surface area contributed by atoms with Gasteiger partial charge in [0.2, 0.25) is 0 Å². The van der Waals surface area contributed by atoms with Crippen LogP contribution in [0.25, 0.3) is 0 Å². The van der Waals surface area contributed by atoms with Crippen molar-refractivity contribution >= 4 is 47.8 Å². The Morgan fingerprint density at radius 3 is 1.39 bits per heavy atom. The Morgan fingerprint density at radius 2 is 0.870 bits per heavy atom. The largest absolute Gasteiger partial charge is 0.469 e. The molecule has 17 heteroatoms. The van der Waals surface area contributed by atoms with Gasteiger partial charge in [0.1, 0.15) is 18.1 Å². The van der Waals surface area contributed by atoms with Crippen molar-refractivity contribution in [1.29, 1.82) is 0 Å². The van der Waals surface area contributed by atoms with Crippen LogP contribution in [-0.2, 0) is 81.0 Å². The summed E-state index contributed by atoms with van der Waals surface area (Å²) in [6.45, 7) is 19.3. The minimum Gasteiger partial charge on any atom is -0.469 e. The lowest BCUT2D eigenvalue weighted by molar-refractivity contribution is -0.157. The quantitative estimate of drug-likeness (QED) is 0.168. The molecule has 22 atom stereocenters. The molecule has 0 aromatic rings. The summed E-state index contributed by atoms with van der Waals surface area (Å²) in [7, 11) is 1.33. The molecule has 11 saturated heterocycles. The van der Waals surface area contributed by atoms with Crippen LogP contribution >= 0.6 is 0 Å². The van der Waals surface area contributed by atoms with Gasteiger partial charge in [-0.15, -0.1) is 0 Å². The number of ether oxygens (including phenoxy) is 9. The molecule has 15 fully saturated rings. The van der Waals surface area contributed by atoms with Crippen LogP contribution in [0, 0.1) is 88.8 Å². The number of fused-ring (bicyclic) bond motifs is 21. The van der Waals surface area contributed by atoms with Gasteiger partial charge in [-0.2, -0.15) is 0 Å². The normalized spacial score (nSPS) is 45.5. The smallest absolute Gasteiger partial charge is 0.320 e. The van der Waals surface area contributed by atoms with Crippen LogP contribution in [0.5, 0.6) is 0 Å². The highest BCUT2D eigenvalue weighted by molar-refractivity contribution is 5.98. The third-order valence-electron chi connectivity index (χ3n) is 17.3. The fourth-order valence-electron chi connectivity index (χ4n) is 14.7. The highest BCUT2D eigenvalue weighted by Crippen LogP contribution is 2.57. The van der Waals surface area contributed by atoms with E-state index in [0.29, 0.717) is 48.2 Å². The van der Waals surface area contributed by atoms with Gasteiger partial charge in [0.15, 0.2) is 0 Å². The summed E-state index contributed by atoms with van der Waals surface area (Å²) in [5.41, 5.74) is 0. The average molecular weight is 973 g/mol. The monoisotopic (exact) mass is 973 g/mol. The van der Waals surface area contributed by atoms with E-state index in [0.717, 1.165) is 57.5 Å². The number of carbonyl (C=O) groups excluding carboxylic acids is 8. The molecule has 17 nitrogen and oxygen atoms in total. The summed E-state index contributed by atoms with van der Waals surface area (Å²) in [5, 5.41) is 0. The molecular formula is C52H76O17. The van der Waals surface area contributed by atoms with Crippen molar-refractivity contribution < 1.29 is 81.0 Å². The van der Waals surface area contributed by atoms with Crippen molar-refractivity contribution in [3.05, 3.63) is 0 Å². The van der Waals surface area contributed by atoms with E-state index in [1.807, 2.05) is 62.3 Å². The van der Waals surface area contributed by atoms with Gasteiger partial charge in [-0.25, -0.2) is 0 Å². The first-order valence-electron chi connectivity index (χ1n) is 26.5. The Bertz CT molecular complexity index is 1780. The van der Waals surface area contributed by atoms with Crippen LogP contribution in [0.1, 0.15) is 127 Å². The van der Waals surface area contributed by atoms with E-state index in [9.17, 15) is 38.4 Å². The number of esters is 8. The van der Waals surface area contributed by atoms with Crippen molar-refractivity contribution in [3.63, 3.8) is 0 Å². The second-order valence-electron chi connectivity index (χ2n) is 19.9. The first-order valence-corrected chi connectivity index (χ1v) is 26.5. The van der Waals surface area contributed by atoms with Gasteiger partial charge in [0.05, 0.1) is 92.3 Å². The van der Waals surface area contributed by atoms with Crippen LogP contribution in [-0.4, -0.2) is 111 Å². The number of rotatable bonds is 1. The zero-order chi connectivity index (χ0) is 50.2. The second-order valence-corrected chi connectivity index (χ2v) is 19.9. The third-order valence-corrected chi connectivity index (χ3v) is 17.3. The summed E-state index contributed by atoms with van der Waals surface area (Å²) in [5.74, 6) is 0.475. The standard InChI is InChI=1S/C10H12O5.C9H10O3.C9H12O2.C8H8O4.C8H10O3.4C2H6/c1-3-6-4(9(11)13-2)5-8(14-6)7(3)15-10(5)12;10-8-6-4-1-2-5(3-4)7(6)9(11)12-8;10-9-8-6-2-1-5(3-6)7(8)4-11-9;9-7-5-3-1-2-4(11-3)6(5)8(10)12-7;9-8-7-4(3-10-8)5-1-2-6(7)11-5;4*1-2/h3-8H,1-2H3;4-7H,1-3H2;5-8H,1-4H2;3-6H,1-2H2;4-7H,1-3H2;4*1-2H3. The first-order chi connectivity index (χ1) is 33.4. The molecule has 0 aromatic heterocycles. The topological polar surface area (TPSA) is 220 Å². The van der Waals surface area contributed by atoms with Gasteiger partial charge in [-0.05, 0) is 87.9 Å². The van der Waals surface area contributed by atoms with Crippen LogP contribution < -0.4 is 0 Å². The molecule has 4 aliphatic carbocycles. The third kappa shape index (κ3) is 9.16. The molecule has 69 heavy (non-hydrogen) atoms. The number of cyclic esters (lactones) is 6. The molecule has 15 rings (SSSR count). The molecule has 15 aliphatic rings. The summed E-state index contributed by atoms with van der Waals surface area (Å²) < 4.78 is 45.8. The SMILES string of the molecule is CC.CC.CC.CC.COC(=O)C1C2OC3C(OC(=O)C31)C2C.O=C1OC(=O)C2C3CCC(C3)C12.O=C1OC(=O)C2C3CCC(O3)C12.O=C1OCC2C3CCC(C3)C12.O=C1OCC2C3CCC(O3)C12. The van der Waals surface area contributed by atoms with Gasteiger partial charge < -0.3 is 42.6 Å². The Kier molecular flexibility index (Phi) is 17.0. The highest BCUT2D eigenvalue weighted by atomic mass is 16.6. The Labute approximate surface area is 406 Å². The molecule has 0 radical (unpaired) electrons. The van der Waals surface area contributed by atoms with Gasteiger partial charge in [-0.3, -0.25) is 38.4 Å². The zero-order valence-electron chi connectivity index (χ0n) is 42.1. The van der Waals surface area contributed by atoms with E-state index in [-0.39, 0.29) is 120 Å². The number of hydrogen-bond acceptors (Lipinski definition) is 17. The Morgan fingerprint density at radius 1 is 0.435 bits per heavy atom. The van der Waals surface area contributed by atoms with E-state index in [1.165, 1.54) is 26.4 Å². The minimum absolute atomic E-state index is 0.0257. The van der Waals surface area contributed by atoms with E-state index >= 15 is 0 Å². The van der Waals surface area contributed by atoms with Gasteiger partial charge in [0, 0.05) is 17.8 Å². The Hall–Kier alpha value is -3.96. The number of hydrogen-bond donors (Lipinski definition) is 0. The van der Waals surface area contributed by atoms with Crippen LogP contribution in [0.2, 0.25) is 0 Å². The lowest BCUT2D eigenvalue weighted by atomic mass is 9.75. The number of methoxy groups -OCH3 is 1. The maximum atomic E-state index is 11.6. The second kappa shape index (κ2) is 22.2. The van der Waals surface area contributed by atoms with Crippen LogP contribution in [0.15, 0.2) is 0 Å². The van der Waals surface area contributed by atoms with E-state index < -0.39 is 11.8 Å². The van der Waals surface area contributed by atoms with Crippen molar-refractivity contribution in [2.45, 2.75) is 169 Å². The lowest BCUT2D eigenvalue weighted by Crippen LogP contribution is -2.41. The van der Waals surface area contributed by atoms with Crippen LogP contribution in [0.4, 0.5) is 0 Å². The molecule has 22 unspecified atom stereocenters.